The third-order valence-electron chi connectivity index (χ3n) is 4.06. The highest BCUT2D eigenvalue weighted by Crippen LogP contribution is 2.23. The van der Waals surface area contributed by atoms with Gasteiger partial charge in [-0.2, -0.15) is 0 Å². The summed E-state index contributed by atoms with van der Waals surface area (Å²) < 4.78 is 2.17. The lowest BCUT2D eigenvalue weighted by molar-refractivity contribution is 1.09. The van der Waals surface area contributed by atoms with Crippen molar-refractivity contribution >= 4 is 22.5 Å². The fraction of sp³-hybridized carbons (Fsp3) is 0.158. The van der Waals surface area contributed by atoms with Gasteiger partial charge in [-0.15, -0.1) is 0 Å². The molecule has 114 valence electrons. The van der Waals surface area contributed by atoms with E-state index in [1.54, 1.807) is 0 Å². The highest BCUT2D eigenvalue weighted by Gasteiger charge is 2.11. The lowest BCUT2D eigenvalue weighted by Gasteiger charge is -2.11. The maximum Gasteiger partial charge on any atom is 0.180 e. The van der Waals surface area contributed by atoms with Gasteiger partial charge in [-0.05, 0) is 37.1 Å². The molecule has 4 rings (SSSR count). The molecular formula is C19H18N4. The summed E-state index contributed by atoms with van der Waals surface area (Å²) in [6.45, 7) is 4.90. The quantitative estimate of drug-likeness (QED) is 0.619. The van der Waals surface area contributed by atoms with E-state index in [4.69, 9.17) is 4.98 Å². The predicted molar refractivity (Wildman–Crippen MR) is 93.7 cm³/mol. The van der Waals surface area contributed by atoms with Crippen LogP contribution in [0.5, 0.6) is 0 Å². The maximum absolute atomic E-state index is 4.78. The van der Waals surface area contributed by atoms with E-state index in [9.17, 15) is 0 Å². The van der Waals surface area contributed by atoms with Crippen molar-refractivity contribution in [3.05, 3.63) is 71.5 Å². The summed E-state index contributed by atoms with van der Waals surface area (Å²) >= 11 is 0. The van der Waals surface area contributed by atoms with Crippen LogP contribution in [0.2, 0.25) is 0 Å². The Hall–Kier alpha value is -2.88. The molecule has 0 unspecified atom stereocenters. The molecule has 0 saturated heterocycles. The number of aryl methyl sites for hydroxylation is 2. The van der Waals surface area contributed by atoms with Crippen molar-refractivity contribution in [1.29, 1.82) is 0 Å². The smallest absolute Gasteiger partial charge is 0.180 e. The van der Waals surface area contributed by atoms with Crippen molar-refractivity contribution in [2.75, 3.05) is 5.32 Å². The molecule has 23 heavy (non-hydrogen) atoms. The number of benzene rings is 2. The number of nitrogens with zero attached hydrogens (tertiary/aromatic N) is 3. The summed E-state index contributed by atoms with van der Waals surface area (Å²) in [5.41, 5.74) is 6.50. The van der Waals surface area contributed by atoms with Gasteiger partial charge in [-0.3, -0.25) is 4.40 Å². The number of aromatic nitrogens is 3. The molecule has 4 heteroatoms. The highest BCUT2D eigenvalue weighted by atomic mass is 15.1. The monoisotopic (exact) mass is 302 g/mol. The zero-order chi connectivity index (χ0) is 15.8. The zero-order valence-electron chi connectivity index (χ0n) is 13.2. The number of fused-ring (bicyclic) bond motifs is 3. The average molecular weight is 302 g/mol. The van der Waals surface area contributed by atoms with Gasteiger partial charge in [0.05, 0.1) is 11.0 Å². The van der Waals surface area contributed by atoms with Gasteiger partial charge in [0, 0.05) is 18.4 Å². The number of imidazole rings is 1. The Morgan fingerprint density at radius 3 is 2.70 bits per heavy atom. The second-order valence-electron chi connectivity index (χ2n) is 5.85. The summed E-state index contributed by atoms with van der Waals surface area (Å²) in [6, 6.07) is 16.6. The largest absolute Gasteiger partial charge is 0.363 e. The van der Waals surface area contributed by atoms with Crippen molar-refractivity contribution < 1.29 is 0 Å². The predicted octanol–water partition coefficient (Wildman–Crippen LogP) is 4.11. The number of hydrogen-bond acceptors (Lipinski definition) is 3. The summed E-state index contributed by atoms with van der Waals surface area (Å²) in [5, 5.41) is 3.43. The van der Waals surface area contributed by atoms with E-state index in [0.29, 0.717) is 0 Å². The number of rotatable bonds is 3. The molecule has 2 aromatic heterocycles. The standard InChI is InChI=1S/C19H18N4/c1-13-8-9-16-17(10-13)23-14(2)11-21-19(23)18(22-16)20-12-15-6-4-3-5-7-15/h3-11H,12H2,1-2H3,(H,20,22). The molecule has 2 heterocycles. The fourth-order valence-electron chi connectivity index (χ4n) is 2.89. The fourth-order valence-corrected chi connectivity index (χ4v) is 2.89. The number of anilines is 1. The lowest BCUT2D eigenvalue weighted by atomic mass is 10.2. The zero-order valence-corrected chi connectivity index (χ0v) is 13.2. The van der Waals surface area contributed by atoms with Gasteiger partial charge in [0.25, 0.3) is 0 Å². The Kier molecular flexibility index (Phi) is 3.23. The van der Waals surface area contributed by atoms with Crippen LogP contribution < -0.4 is 5.32 Å². The van der Waals surface area contributed by atoms with Gasteiger partial charge in [0.2, 0.25) is 0 Å². The highest BCUT2D eigenvalue weighted by molar-refractivity contribution is 5.83. The van der Waals surface area contributed by atoms with Gasteiger partial charge in [0.15, 0.2) is 11.5 Å². The van der Waals surface area contributed by atoms with Crippen LogP contribution in [0.3, 0.4) is 0 Å². The Balaban J connectivity index is 1.84. The van der Waals surface area contributed by atoms with Crippen molar-refractivity contribution in [3.8, 4) is 0 Å². The molecule has 0 fully saturated rings. The van der Waals surface area contributed by atoms with E-state index < -0.39 is 0 Å². The molecule has 4 nitrogen and oxygen atoms in total. The molecule has 0 aliphatic rings. The lowest BCUT2D eigenvalue weighted by Crippen LogP contribution is -2.05. The van der Waals surface area contributed by atoms with Crippen molar-refractivity contribution in [3.63, 3.8) is 0 Å². The summed E-state index contributed by atoms with van der Waals surface area (Å²) in [7, 11) is 0. The van der Waals surface area contributed by atoms with Crippen LogP contribution in [0.1, 0.15) is 16.8 Å². The summed E-state index contributed by atoms with van der Waals surface area (Å²) in [4.78, 5) is 9.33. The van der Waals surface area contributed by atoms with Gasteiger partial charge < -0.3 is 5.32 Å². The maximum atomic E-state index is 4.78. The first-order valence-electron chi connectivity index (χ1n) is 7.74. The minimum atomic E-state index is 0.729. The second-order valence-corrected chi connectivity index (χ2v) is 5.85. The molecule has 0 aliphatic carbocycles. The Labute approximate surface area is 134 Å². The van der Waals surface area contributed by atoms with E-state index in [1.807, 2.05) is 24.4 Å². The average Bonchev–Trinajstić information content (AvgIpc) is 2.96. The molecule has 0 atom stereocenters. The van der Waals surface area contributed by atoms with Gasteiger partial charge in [-0.25, -0.2) is 9.97 Å². The van der Waals surface area contributed by atoms with E-state index in [2.05, 4.69) is 58.9 Å². The van der Waals surface area contributed by atoms with Crippen LogP contribution in [-0.2, 0) is 6.54 Å². The van der Waals surface area contributed by atoms with Crippen LogP contribution in [0.4, 0.5) is 5.82 Å². The molecule has 1 N–H and O–H groups in total. The number of hydrogen-bond donors (Lipinski definition) is 1. The summed E-state index contributed by atoms with van der Waals surface area (Å²) in [6.07, 6.45) is 1.90. The topological polar surface area (TPSA) is 42.2 Å². The normalized spacial score (nSPS) is 11.2. The first-order chi connectivity index (χ1) is 11.2. The molecule has 2 aromatic carbocycles. The minimum absolute atomic E-state index is 0.729. The second kappa shape index (κ2) is 5.39. The van der Waals surface area contributed by atoms with E-state index in [-0.39, 0.29) is 0 Å². The van der Waals surface area contributed by atoms with Gasteiger partial charge in [-0.1, -0.05) is 36.4 Å². The van der Waals surface area contributed by atoms with Crippen molar-refractivity contribution in [1.82, 2.24) is 14.4 Å². The third-order valence-corrected chi connectivity index (χ3v) is 4.06. The number of nitrogens with one attached hydrogen (secondary N) is 1. The minimum Gasteiger partial charge on any atom is -0.363 e. The van der Waals surface area contributed by atoms with E-state index in [1.165, 1.54) is 11.1 Å². The summed E-state index contributed by atoms with van der Waals surface area (Å²) in [5.74, 6) is 0.818. The SMILES string of the molecule is Cc1ccc2nc(NCc3ccccc3)c3ncc(C)n3c2c1. The molecular weight excluding hydrogens is 284 g/mol. The van der Waals surface area contributed by atoms with Crippen LogP contribution in [0, 0.1) is 13.8 Å². The Bertz CT molecular complexity index is 987. The van der Waals surface area contributed by atoms with Crippen LogP contribution in [0.25, 0.3) is 16.7 Å². The Morgan fingerprint density at radius 2 is 1.87 bits per heavy atom. The molecule has 0 spiro atoms. The Morgan fingerprint density at radius 1 is 1.04 bits per heavy atom. The molecule has 0 saturated carbocycles. The van der Waals surface area contributed by atoms with Crippen LogP contribution >= 0.6 is 0 Å². The van der Waals surface area contributed by atoms with Crippen molar-refractivity contribution in [2.24, 2.45) is 0 Å². The van der Waals surface area contributed by atoms with E-state index >= 15 is 0 Å². The van der Waals surface area contributed by atoms with Crippen molar-refractivity contribution in [2.45, 2.75) is 20.4 Å². The van der Waals surface area contributed by atoms with Gasteiger partial charge in [0.1, 0.15) is 0 Å². The van der Waals surface area contributed by atoms with Gasteiger partial charge >= 0.3 is 0 Å². The molecule has 0 amide bonds. The third kappa shape index (κ3) is 2.42. The van der Waals surface area contributed by atoms with Crippen LogP contribution in [-0.4, -0.2) is 14.4 Å². The molecule has 0 bridgehead atoms. The first-order valence-corrected chi connectivity index (χ1v) is 7.74. The first kappa shape index (κ1) is 13.8. The molecule has 0 aliphatic heterocycles. The van der Waals surface area contributed by atoms with E-state index in [0.717, 1.165) is 34.7 Å². The molecule has 4 aromatic rings. The molecule has 0 radical (unpaired) electrons. The van der Waals surface area contributed by atoms with Crippen LogP contribution in [0.15, 0.2) is 54.7 Å².